The van der Waals surface area contributed by atoms with Crippen molar-refractivity contribution in [2.24, 2.45) is 0 Å². The molecule has 0 atom stereocenters. The van der Waals surface area contributed by atoms with E-state index in [1.165, 1.54) is 19.3 Å². The second kappa shape index (κ2) is 5.92. The van der Waals surface area contributed by atoms with Gasteiger partial charge in [0, 0.05) is 18.7 Å². The smallest absolute Gasteiger partial charge is 0.335 e. The van der Waals surface area contributed by atoms with Gasteiger partial charge >= 0.3 is 5.97 Å². The van der Waals surface area contributed by atoms with E-state index in [1.807, 2.05) is 18.2 Å². The summed E-state index contributed by atoms with van der Waals surface area (Å²) in [7, 11) is 0. The number of fused-ring (bicyclic) bond motifs is 1. The van der Waals surface area contributed by atoms with E-state index in [1.54, 1.807) is 22.7 Å². The molecule has 1 aromatic carbocycles. The number of nitrogens with zero attached hydrogens (tertiary/aromatic N) is 5. The lowest BCUT2D eigenvalue weighted by molar-refractivity contribution is 0.0697. The molecule has 0 saturated carbocycles. The number of carboxylic acids is 1. The Labute approximate surface area is 138 Å². The molecule has 1 aliphatic rings. The van der Waals surface area contributed by atoms with E-state index in [0.29, 0.717) is 17.0 Å². The molecular weight excluding hydrogens is 306 g/mol. The van der Waals surface area contributed by atoms with Crippen molar-refractivity contribution in [3.63, 3.8) is 0 Å². The number of aromatic nitrogens is 4. The molecule has 0 spiro atoms. The van der Waals surface area contributed by atoms with Gasteiger partial charge in [-0.3, -0.25) is 0 Å². The Morgan fingerprint density at radius 3 is 2.67 bits per heavy atom. The summed E-state index contributed by atoms with van der Waals surface area (Å²) in [6.45, 7) is 2.01. The van der Waals surface area contributed by atoms with Crippen LogP contribution in [0.4, 0.5) is 5.82 Å². The van der Waals surface area contributed by atoms with Gasteiger partial charge in [-0.2, -0.15) is 4.52 Å². The summed E-state index contributed by atoms with van der Waals surface area (Å²) in [5.41, 5.74) is 1.55. The van der Waals surface area contributed by atoms with E-state index >= 15 is 0 Å². The molecule has 0 radical (unpaired) electrons. The van der Waals surface area contributed by atoms with Gasteiger partial charge in [0.15, 0.2) is 11.5 Å². The number of carboxylic acid groups (broad SMARTS) is 1. The molecule has 0 amide bonds. The van der Waals surface area contributed by atoms with Crippen LogP contribution >= 0.6 is 0 Å². The molecule has 0 aliphatic carbocycles. The molecule has 4 rings (SSSR count). The Morgan fingerprint density at radius 2 is 1.88 bits per heavy atom. The van der Waals surface area contributed by atoms with Crippen molar-refractivity contribution in [1.82, 2.24) is 19.8 Å². The van der Waals surface area contributed by atoms with Gasteiger partial charge < -0.3 is 10.0 Å². The highest BCUT2D eigenvalue weighted by molar-refractivity contribution is 5.89. The van der Waals surface area contributed by atoms with Crippen LogP contribution in [-0.2, 0) is 0 Å². The predicted molar refractivity (Wildman–Crippen MR) is 89.2 cm³/mol. The molecule has 0 bridgehead atoms. The average Bonchev–Trinajstić information content (AvgIpc) is 3.05. The number of hydrogen-bond donors (Lipinski definition) is 1. The number of carbonyl (C=O) groups is 1. The molecular formula is C17H17N5O2. The fraction of sp³-hybridized carbons (Fsp3) is 0.294. The zero-order valence-electron chi connectivity index (χ0n) is 13.1. The Kier molecular flexibility index (Phi) is 3.60. The molecule has 2 aromatic heterocycles. The zero-order valence-corrected chi connectivity index (χ0v) is 13.1. The van der Waals surface area contributed by atoms with Gasteiger partial charge in [-0.15, -0.1) is 15.3 Å². The van der Waals surface area contributed by atoms with Crippen molar-refractivity contribution in [2.75, 3.05) is 18.0 Å². The fourth-order valence-electron chi connectivity index (χ4n) is 3.04. The molecule has 1 aliphatic heterocycles. The van der Waals surface area contributed by atoms with E-state index in [9.17, 15) is 4.79 Å². The number of aromatic carboxylic acids is 1. The number of hydrogen-bond acceptors (Lipinski definition) is 5. The highest BCUT2D eigenvalue weighted by Crippen LogP contribution is 2.22. The molecule has 7 nitrogen and oxygen atoms in total. The number of piperidine rings is 1. The van der Waals surface area contributed by atoms with Gasteiger partial charge in [-0.05, 0) is 43.5 Å². The maximum atomic E-state index is 11.2. The second-order valence-electron chi connectivity index (χ2n) is 5.92. The fourth-order valence-corrected chi connectivity index (χ4v) is 3.04. The molecule has 0 unspecified atom stereocenters. The first kappa shape index (κ1) is 14.6. The SMILES string of the molecule is O=C(O)c1cccc(-c2nnc3ccc(N4CCCCC4)nn23)c1. The van der Waals surface area contributed by atoms with Crippen molar-refractivity contribution in [1.29, 1.82) is 0 Å². The highest BCUT2D eigenvalue weighted by Gasteiger charge is 2.16. The topological polar surface area (TPSA) is 83.6 Å². The van der Waals surface area contributed by atoms with Crippen LogP contribution in [0.2, 0.25) is 0 Å². The van der Waals surface area contributed by atoms with Gasteiger partial charge in [0.25, 0.3) is 0 Å². The first-order valence-electron chi connectivity index (χ1n) is 8.03. The average molecular weight is 323 g/mol. The first-order valence-corrected chi connectivity index (χ1v) is 8.03. The molecule has 3 heterocycles. The van der Waals surface area contributed by atoms with E-state index in [2.05, 4.69) is 20.2 Å². The van der Waals surface area contributed by atoms with Crippen LogP contribution in [0.1, 0.15) is 29.6 Å². The minimum atomic E-state index is -0.965. The zero-order chi connectivity index (χ0) is 16.5. The molecule has 3 aromatic rings. The standard InChI is InChI=1S/C17H17N5O2/c23-17(24)13-6-4-5-12(11-13)16-19-18-14-7-8-15(20-22(14)16)21-9-2-1-3-10-21/h4-8,11H,1-3,9-10H2,(H,23,24). The normalized spacial score (nSPS) is 14.9. The molecule has 24 heavy (non-hydrogen) atoms. The highest BCUT2D eigenvalue weighted by atomic mass is 16.4. The minimum Gasteiger partial charge on any atom is -0.478 e. The van der Waals surface area contributed by atoms with Crippen LogP contribution in [0.25, 0.3) is 17.0 Å². The Hall–Kier alpha value is -2.96. The predicted octanol–water partition coefficient (Wildman–Crippen LogP) is 2.48. The third kappa shape index (κ3) is 2.58. The molecule has 1 fully saturated rings. The van der Waals surface area contributed by atoms with Crippen molar-refractivity contribution < 1.29 is 9.90 Å². The summed E-state index contributed by atoms with van der Waals surface area (Å²) >= 11 is 0. The lowest BCUT2D eigenvalue weighted by Gasteiger charge is -2.27. The third-order valence-corrected chi connectivity index (χ3v) is 4.30. The van der Waals surface area contributed by atoms with E-state index in [0.717, 1.165) is 18.9 Å². The largest absolute Gasteiger partial charge is 0.478 e. The molecule has 1 saturated heterocycles. The van der Waals surface area contributed by atoms with Gasteiger partial charge in [0.05, 0.1) is 5.56 Å². The summed E-state index contributed by atoms with van der Waals surface area (Å²) in [6, 6.07) is 10.5. The summed E-state index contributed by atoms with van der Waals surface area (Å²) in [5, 5.41) is 22.2. The molecule has 1 N–H and O–H groups in total. The summed E-state index contributed by atoms with van der Waals surface area (Å²) in [5.74, 6) is 0.484. The third-order valence-electron chi connectivity index (χ3n) is 4.30. The van der Waals surface area contributed by atoms with E-state index in [4.69, 9.17) is 5.11 Å². The Bertz CT molecular complexity index is 899. The van der Waals surface area contributed by atoms with Crippen LogP contribution in [0.3, 0.4) is 0 Å². The Morgan fingerprint density at radius 1 is 1.04 bits per heavy atom. The Balaban J connectivity index is 1.78. The number of anilines is 1. The van der Waals surface area contributed by atoms with Crippen molar-refractivity contribution >= 4 is 17.4 Å². The van der Waals surface area contributed by atoms with Gasteiger partial charge in [0.1, 0.15) is 5.82 Å². The van der Waals surface area contributed by atoms with E-state index in [-0.39, 0.29) is 5.56 Å². The monoisotopic (exact) mass is 323 g/mol. The maximum Gasteiger partial charge on any atom is 0.335 e. The van der Waals surface area contributed by atoms with E-state index < -0.39 is 5.97 Å². The van der Waals surface area contributed by atoms with Gasteiger partial charge in [-0.1, -0.05) is 12.1 Å². The lowest BCUT2D eigenvalue weighted by atomic mass is 10.1. The van der Waals surface area contributed by atoms with Crippen LogP contribution < -0.4 is 4.90 Å². The van der Waals surface area contributed by atoms with Crippen molar-refractivity contribution in [2.45, 2.75) is 19.3 Å². The first-order chi connectivity index (χ1) is 11.7. The molecule has 7 heteroatoms. The molecule has 122 valence electrons. The quantitative estimate of drug-likeness (QED) is 0.797. The summed E-state index contributed by atoms with van der Waals surface area (Å²) in [4.78, 5) is 13.4. The van der Waals surface area contributed by atoms with Crippen LogP contribution in [0.15, 0.2) is 36.4 Å². The van der Waals surface area contributed by atoms with Gasteiger partial charge in [-0.25, -0.2) is 4.79 Å². The van der Waals surface area contributed by atoms with Crippen LogP contribution in [-0.4, -0.2) is 44.0 Å². The number of rotatable bonds is 3. The lowest BCUT2D eigenvalue weighted by Crippen LogP contribution is -2.30. The number of benzene rings is 1. The second-order valence-corrected chi connectivity index (χ2v) is 5.92. The van der Waals surface area contributed by atoms with Gasteiger partial charge in [0.2, 0.25) is 0 Å². The van der Waals surface area contributed by atoms with Crippen LogP contribution in [0, 0.1) is 0 Å². The van der Waals surface area contributed by atoms with Crippen molar-refractivity contribution in [3.05, 3.63) is 42.0 Å². The summed E-state index contributed by atoms with van der Waals surface area (Å²) in [6.07, 6.45) is 3.61. The van der Waals surface area contributed by atoms with Crippen LogP contribution in [0.5, 0.6) is 0 Å². The minimum absolute atomic E-state index is 0.219. The maximum absolute atomic E-state index is 11.2. The van der Waals surface area contributed by atoms with Crippen molar-refractivity contribution in [3.8, 4) is 11.4 Å². The summed E-state index contributed by atoms with van der Waals surface area (Å²) < 4.78 is 1.69.